The zero-order valence-corrected chi connectivity index (χ0v) is 10.7. The van der Waals surface area contributed by atoms with Gasteiger partial charge in [-0.2, -0.15) is 0 Å². The first-order valence-electron chi connectivity index (χ1n) is 4.90. The Morgan fingerprint density at radius 2 is 2.47 bits per heavy atom. The molecule has 0 spiro atoms. The molecule has 78 valence electrons. The molecule has 1 unspecified atom stereocenters. The van der Waals surface area contributed by atoms with Gasteiger partial charge < -0.3 is 0 Å². The zero-order valence-electron chi connectivity index (χ0n) is 8.29. The molecule has 1 aliphatic heterocycles. The van der Waals surface area contributed by atoms with E-state index in [-0.39, 0.29) is 0 Å². The minimum absolute atomic E-state index is 0.412. The Kier molecular flexibility index (Phi) is 3.74. The lowest BCUT2D eigenvalue weighted by molar-refractivity contribution is 0.544. The number of nitrogens with one attached hydrogen (secondary N) is 1. The fourth-order valence-electron chi connectivity index (χ4n) is 1.76. The van der Waals surface area contributed by atoms with Gasteiger partial charge in [-0.3, -0.25) is 5.32 Å². The Labute approximate surface area is 103 Å². The largest absolute Gasteiger partial charge is 0.299 e. The van der Waals surface area contributed by atoms with Crippen molar-refractivity contribution in [2.75, 3.05) is 12.3 Å². The van der Waals surface area contributed by atoms with Crippen LogP contribution in [0.3, 0.4) is 0 Å². The topological polar surface area (TPSA) is 12.0 Å². The standard InChI is InChI=1S/C12H12BrNS/c1-2-6-14-11-5-7-15-12-4-3-9(13)8-10(11)12/h1,3-4,8,11,14H,5-7H2. The maximum absolute atomic E-state index is 5.27. The van der Waals surface area contributed by atoms with Crippen LogP contribution in [0.25, 0.3) is 0 Å². The molecule has 1 aromatic rings. The Morgan fingerprint density at radius 1 is 1.60 bits per heavy atom. The molecular weight excluding hydrogens is 270 g/mol. The molecule has 0 aromatic heterocycles. The smallest absolute Gasteiger partial charge is 0.0578 e. The van der Waals surface area contributed by atoms with Crippen molar-refractivity contribution >= 4 is 27.7 Å². The third kappa shape index (κ3) is 2.57. The van der Waals surface area contributed by atoms with Crippen LogP contribution in [0, 0.1) is 12.3 Å². The molecule has 0 saturated carbocycles. The minimum Gasteiger partial charge on any atom is -0.299 e. The summed E-state index contributed by atoms with van der Waals surface area (Å²) in [6.45, 7) is 0.640. The monoisotopic (exact) mass is 281 g/mol. The lowest BCUT2D eigenvalue weighted by Crippen LogP contribution is -2.24. The van der Waals surface area contributed by atoms with Crippen LogP contribution in [-0.2, 0) is 0 Å². The van der Waals surface area contributed by atoms with E-state index in [1.54, 1.807) is 0 Å². The highest BCUT2D eigenvalue weighted by atomic mass is 79.9. The van der Waals surface area contributed by atoms with Gasteiger partial charge in [0, 0.05) is 15.4 Å². The summed E-state index contributed by atoms with van der Waals surface area (Å²) in [6.07, 6.45) is 6.42. The average molecular weight is 282 g/mol. The first-order chi connectivity index (χ1) is 7.31. The van der Waals surface area contributed by atoms with E-state index >= 15 is 0 Å². The quantitative estimate of drug-likeness (QED) is 0.836. The second-order valence-corrected chi connectivity index (χ2v) is 5.51. The minimum atomic E-state index is 0.412. The number of hydrogen-bond acceptors (Lipinski definition) is 2. The fourth-order valence-corrected chi connectivity index (χ4v) is 3.24. The van der Waals surface area contributed by atoms with E-state index < -0.39 is 0 Å². The molecule has 1 heterocycles. The molecule has 3 heteroatoms. The van der Waals surface area contributed by atoms with Crippen LogP contribution in [0.1, 0.15) is 18.0 Å². The summed E-state index contributed by atoms with van der Waals surface area (Å²) in [6, 6.07) is 6.87. The summed E-state index contributed by atoms with van der Waals surface area (Å²) in [4.78, 5) is 1.37. The number of thioether (sulfide) groups is 1. The summed E-state index contributed by atoms with van der Waals surface area (Å²) in [5.74, 6) is 3.79. The van der Waals surface area contributed by atoms with Gasteiger partial charge in [0.25, 0.3) is 0 Å². The van der Waals surface area contributed by atoms with Gasteiger partial charge in [-0.05, 0) is 35.9 Å². The van der Waals surface area contributed by atoms with Crippen LogP contribution in [0.5, 0.6) is 0 Å². The molecular formula is C12H12BrNS. The van der Waals surface area contributed by atoms with Crippen molar-refractivity contribution in [1.82, 2.24) is 5.32 Å². The number of terminal acetylenes is 1. The third-order valence-corrected chi connectivity index (χ3v) is 4.08. The van der Waals surface area contributed by atoms with E-state index in [9.17, 15) is 0 Å². The van der Waals surface area contributed by atoms with Crippen molar-refractivity contribution in [2.24, 2.45) is 0 Å². The average Bonchev–Trinajstić information content (AvgIpc) is 2.26. The lowest BCUT2D eigenvalue weighted by Gasteiger charge is -2.25. The van der Waals surface area contributed by atoms with E-state index in [0.717, 1.165) is 16.6 Å². The Morgan fingerprint density at radius 3 is 3.27 bits per heavy atom. The van der Waals surface area contributed by atoms with Gasteiger partial charge in [-0.15, -0.1) is 18.2 Å². The van der Waals surface area contributed by atoms with Crippen LogP contribution >= 0.6 is 27.7 Å². The molecule has 0 radical (unpaired) electrons. The van der Waals surface area contributed by atoms with Crippen molar-refractivity contribution < 1.29 is 0 Å². The molecule has 0 aliphatic carbocycles. The number of rotatable bonds is 2. The summed E-state index contributed by atoms with van der Waals surface area (Å²) in [7, 11) is 0. The molecule has 15 heavy (non-hydrogen) atoms. The highest BCUT2D eigenvalue weighted by molar-refractivity contribution is 9.10. The van der Waals surface area contributed by atoms with Gasteiger partial charge in [0.15, 0.2) is 0 Å². The number of benzene rings is 1. The summed E-state index contributed by atoms with van der Waals surface area (Å²) in [5.41, 5.74) is 1.37. The summed E-state index contributed by atoms with van der Waals surface area (Å²) >= 11 is 5.43. The van der Waals surface area contributed by atoms with Crippen LogP contribution < -0.4 is 5.32 Å². The molecule has 0 fully saturated rings. The molecule has 0 saturated heterocycles. The Bertz CT molecular complexity index is 397. The lowest BCUT2D eigenvalue weighted by atomic mass is 10.0. The second-order valence-electron chi connectivity index (χ2n) is 3.46. The number of halogens is 1. The molecule has 1 aliphatic rings. The highest BCUT2D eigenvalue weighted by Gasteiger charge is 2.19. The molecule has 1 atom stereocenters. The van der Waals surface area contributed by atoms with Crippen LogP contribution in [-0.4, -0.2) is 12.3 Å². The summed E-state index contributed by atoms with van der Waals surface area (Å²) in [5, 5.41) is 3.38. The summed E-state index contributed by atoms with van der Waals surface area (Å²) < 4.78 is 1.14. The predicted molar refractivity (Wildman–Crippen MR) is 69.1 cm³/mol. The van der Waals surface area contributed by atoms with Gasteiger partial charge in [-0.1, -0.05) is 21.9 Å². The normalized spacial score (nSPS) is 19.3. The molecule has 1 N–H and O–H groups in total. The van der Waals surface area contributed by atoms with Gasteiger partial charge in [-0.25, -0.2) is 0 Å². The van der Waals surface area contributed by atoms with E-state index in [1.165, 1.54) is 10.5 Å². The molecule has 2 rings (SSSR count). The molecule has 0 bridgehead atoms. The van der Waals surface area contributed by atoms with Crippen molar-refractivity contribution in [1.29, 1.82) is 0 Å². The van der Waals surface area contributed by atoms with Crippen molar-refractivity contribution in [3.63, 3.8) is 0 Å². The highest BCUT2D eigenvalue weighted by Crippen LogP contribution is 2.37. The molecule has 1 nitrogen and oxygen atoms in total. The maximum Gasteiger partial charge on any atom is 0.0578 e. The van der Waals surface area contributed by atoms with E-state index in [1.807, 2.05) is 11.8 Å². The third-order valence-electron chi connectivity index (χ3n) is 2.46. The SMILES string of the molecule is C#CCNC1CCSc2ccc(Br)cc21. The van der Waals surface area contributed by atoms with Gasteiger partial charge >= 0.3 is 0 Å². The number of hydrogen-bond donors (Lipinski definition) is 1. The van der Waals surface area contributed by atoms with Crippen LogP contribution in [0.2, 0.25) is 0 Å². The molecule has 1 aromatic carbocycles. The first kappa shape index (κ1) is 11.1. The van der Waals surface area contributed by atoms with Crippen molar-refractivity contribution in [3.8, 4) is 12.3 Å². The maximum atomic E-state index is 5.27. The van der Waals surface area contributed by atoms with Crippen LogP contribution in [0.15, 0.2) is 27.6 Å². The molecule has 0 amide bonds. The predicted octanol–water partition coefficient (Wildman–Crippen LogP) is 3.21. The van der Waals surface area contributed by atoms with Crippen LogP contribution in [0.4, 0.5) is 0 Å². The van der Waals surface area contributed by atoms with Crippen molar-refractivity contribution in [2.45, 2.75) is 17.4 Å². The first-order valence-corrected chi connectivity index (χ1v) is 6.68. The van der Waals surface area contributed by atoms with E-state index in [2.05, 4.69) is 45.4 Å². The fraction of sp³-hybridized carbons (Fsp3) is 0.333. The van der Waals surface area contributed by atoms with E-state index in [4.69, 9.17) is 6.42 Å². The van der Waals surface area contributed by atoms with Gasteiger partial charge in [0.1, 0.15) is 0 Å². The Balaban J connectivity index is 2.25. The second kappa shape index (κ2) is 5.07. The van der Waals surface area contributed by atoms with Gasteiger partial charge in [0.2, 0.25) is 0 Å². The zero-order chi connectivity index (χ0) is 10.7. The van der Waals surface area contributed by atoms with Crippen molar-refractivity contribution in [3.05, 3.63) is 28.2 Å². The van der Waals surface area contributed by atoms with Gasteiger partial charge in [0.05, 0.1) is 6.54 Å². The Hall–Kier alpha value is -0.430. The van der Waals surface area contributed by atoms with E-state index in [0.29, 0.717) is 12.6 Å². The number of fused-ring (bicyclic) bond motifs is 1.